The second kappa shape index (κ2) is 14.1. The standard InChI is InChI=1S/C53H39N3/c54-35-36-20-29-47-46(32-36)51-45(18-11-19-48(51)53(47)30-8-3-9-31-53)40-25-21-39(22-26-40)43-16-10-17-44(33-43)50-34-49(55-52(56-50)42-14-6-2-7-15-42)41-27-23-38(24-28-41)37-12-4-1-5-13-37/h1-2,4-7,10-29,32-34H,3,8-9,30-31H2. The summed E-state index contributed by atoms with van der Waals surface area (Å²) in [4.78, 5) is 10.2. The Hall–Kier alpha value is -6.89. The summed E-state index contributed by atoms with van der Waals surface area (Å²) in [5.41, 5.74) is 18.0. The molecular weight excluding hydrogens is 679 g/mol. The molecule has 1 spiro atoms. The van der Waals surface area contributed by atoms with E-state index in [0.717, 1.165) is 44.8 Å². The van der Waals surface area contributed by atoms with E-state index in [0.29, 0.717) is 5.82 Å². The summed E-state index contributed by atoms with van der Waals surface area (Å²) in [5, 5.41) is 9.86. The van der Waals surface area contributed by atoms with Gasteiger partial charge in [0, 0.05) is 22.1 Å². The average Bonchev–Trinajstić information content (AvgIpc) is 3.55. The third-order valence-corrected chi connectivity index (χ3v) is 12.0. The molecule has 0 saturated heterocycles. The van der Waals surface area contributed by atoms with E-state index < -0.39 is 0 Å². The molecule has 2 aliphatic carbocycles. The Bertz CT molecular complexity index is 2750. The molecule has 0 aliphatic heterocycles. The van der Waals surface area contributed by atoms with Gasteiger partial charge in [0.05, 0.1) is 23.0 Å². The minimum atomic E-state index is 0.0418. The van der Waals surface area contributed by atoms with E-state index in [1.165, 1.54) is 76.6 Å². The Labute approximate surface area is 328 Å². The van der Waals surface area contributed by atoms with Crippen LogP contribution >= 0.6 is 0 Å². The highest BCUT2D eigenvalue weighted by molar-refractivity contribution is 5.93. The molecule has 10 rings (SSSR count). The van der Waals surface area contributed by atoms with Gasteiger partial charge in [0.15, 0.2) is 5.82 Å². The van der Waals surface area contributed by atoms with Gasteiger partial charge < -0.3 is 0 Å². The maximum absolute atomic E-state index is 9.86. The Morgan fingerprint density at radius 1 is 0.411 bits per heavy atom. The van der Waals surface area contributed by atoms with Crippen LogP contribution in [0.3, 0.4) is 0 Å². The fourth-order valence-electron chi connectivity index (χ4n) is 9.18. The van der Waals surface area contributed by atoms with Crippen LogP contribution in [-0.4, -0.2) is 9.97 Å². The maximum atomic E-state index is 9.86. The molecule has 0 atom stereocenters. The highest BCUT2D eigenvalue weighted by Crippen LogP contribution is 2.58. The van der Waals surface area contributed by atoms with E-state index in [9.17, 15) is 5.26 Å². The Morgan fingerprint density at radius 3 is 1.70 bits per heavy atom. The summed E-state index contributed by atoms with van der Waals surface area (Å²) in [6.45, 7) is 0. The molecule has 266 valence electrons. The number of fused-ring (bicyclic) bond motifs is 5. The van der Waals surface area contributed by atoms with Crippen molar-refractivity contribution in [3.63, 3.8) is 0 Å². The number of benzene rings is 7. The molecule has 1 fully saturated rings. The van der Waals surface area contributed by atoms with Gasteiger partial charge in [-0.05, 0) is 92.7 Å². The minimum absolute atomic E-state index is 0.0418. The summed E-state index contributed by atoms with van der Waals surface area (Å²) in [6.07, 6.45) is 6.10. The predicted molar refractivity (Wildman–Crippen MR) is 229 cm³/mol. The van der Waals surface area contributed by atoms with Crippen molar-refractivity contribution in [1.29, 1.82) is 5.26 Å². The van der Waals surface area contributed by atoms with Gasteiger partial charge in [-0.15, -0.1) is 0 Å². The van der Waals surface area contributed by atoms with Crippen LogP contribution in [0.15, 0.2) is 176 Å². The molecule has 1 heterocycles. The van der Waals surface area contributed by atoms with E-state index in [2.05, 4.69) is 152 Å². The van der Waals surface area contributed by atoms with Crippen LogP contribution in [0.1, 0.15) is 48.8 Å². The lowest BCUT2D eigenvalue weighted by atomic mass is 9.67. The average molecular weight is 718 g/mol. The molecule has 2 aliphatic rings. The van der Waals surface area contributed by atoms with Crippen LogP contribution in [0.25, 0.3) is 78.4 Å². The number of rotatable bonds is 6. The van der Waals surface area contributed by atoms with Crippen molar-refractivity contribution >= 4 is 0 Å². The lowest BCUT2D eigenvalue weighted by Gasteiger charge is -2.36. The van der Waals surface area contributed by atoms with Crippen LogP contribution < -0.4 is 0 Å². The third-order valence-electron chi connectivity index (χ3n) is 12.0. The van der Waals surface area contributed by atoms with Crippen LogP contribution in [0.2, 0.25) is 0 Å². The van der Waals surface area contributed by atoms with Gasteiger partial charge >= 0.3 is 0 Å². The first kappa shape index (κ1) is 33.7. The van der Waals surface area contributed by atoms with Crippen LogP contribution in [0.4, 0.5) is 0 Å². The minimum Gasteiger partial charge on any atom is -0.228 e. The molecule has 0 amide bonds. The van der Waals surface area contributed by atoms with Gasteiger partial charge in [0.25, 0.3) is 0 Å². The van der Waals surface area contributed by atoms with Crippen molar-refractivity contribution < 1.29 is 0 Å². The number of hydrogen-bond acceptors (Lipinski definition) is 3. The molecule has 1 saturated carbocycles. The van der Waals surface area contributed by atoms with Gasteiger partial charge in [0.2, 0.25) is 0 Å². The second-order valence-electron chi connectivity index (χ2n) is 15.2. The highest BCUT2D eigenvalue weighted by Gasteiger charge is 2.44. The largest absolute Gasteiger partial charge is 0.228 e. The molecule has 0 N–H and O–H groups in total. The van der Waals surface area contributed by atoms with Gasteiger partial charge in [-0.1, -0.05) is 171 Å². The lowest BCUT2D eigenvalue weighted by Crippen LogP contribution is -2.28. The molecule has 3 nitrogen and oxygen atoms in total. The quantitative estimate of drug-likeness (QED) is 0.172. The first-order valence-electron chi connectivity index (χ1n) is 19.7. The SMILES string of the molecule is N#Cc1ccc2c(c1)-c1c(-c3ccc(-c4cccc(-c5cc(-c6ccc(-c7ccccc7)cc6)nc(-c6ccccc6)n5)c4)cc3)cccc1C21CCCCC1. The second-order valence-corrected chi connectivity index (χ2v) is 15.2. The molecule has 7 aromatic carbocycles. The number of nitrogens with zero attached hydrogens (tertiary/aromatic N) is 3. The van der Waals surface area contributed by atoms with Crippen LogP contribution in [-0.2, 0) is 5.41 Å². The Kier molecular flexibility index (Phi) is 8.46. The van der Waals surface area contributed by atoms with Crippen molar-refractivity contribution in [1.82, 2.24) is 9.97 Å². The van der Waals surface area contributed by atoms with Crippen molar-refractivity contribution in [2.45, 2.75) is 37.5 Å². The molecule has 1 aromatic heterocycles. The van der Waals surface area contributed by atoms with Crippen molar-refractivity contribution in [2.75, 3.05) is 0 Å². The monoisotopic (exact) mass is 717 g/mol. The number of hydrogen-bond donors (Lipinski definition) is 0. The Morgan fingerprint density at radius 2 is 0.982 bits per heavy atom. The van der Waals surface area contributed by atoms with Gasteiger partial charge in [0.1, 0.15) is 0 Å². The summed E-state index contributed by atoms with van der Waals surface area (Å²) >= 11 is 0. The zero-order chi connectivity index (χ0) is 37.5. The first-order chi connectivity index (χ1) is 27.7. The molecule has 0 bridgehead atoms. The van der Waals surface area contributed by atoms with Gasteiger partial charge in [-0.2, -0.15) is 5.26 Å². The summed E-state index contributed by atoms with van der Waals surface area (Å²) < 4.78 is 0. The van der Waals surface area contributed by atoms with Crippen molar-refractivity contribution in [3.8, 4) is 84.5 Å². The van der Waals surface area contributed by atoms with E-state index in [1.807, 2.05) is 30.3 Å². The highest BCUT2D eigenvalue weighted by atomic mass is 14.9. The molecule has 3 heteroatoms. The molecule has 8 aromatic rings. The maximum Gasteiger partial charge on any atom is 0.160 e. The smallest absolute Gasteiger partial charge is 0.160 e. The fourth-order valence-corrected chi connectivity index (χ4v) is 9.18. The Balaban J connectivity index is 1.01. The first-order valence-corrected chi connectivity index (χ1v) is 19.7. The topological polar surface area (TPSA) is 49.6 Å². The summed E-state index contributed by atoms with van der Waals surface area (Å²) in [5.74, 6) is 0.703. The number of aromatic nitrogens is 2. The molecular formula is C53H39N3. The van der Waals surface area contributed by atoms with E-state index >= 15 is 0 Å². The zero-order valence-electron chi connectivity index (χ0n) is 31.1. The predicted octanol–water partition coefficient (Wildman–Crippen LogP) is 13.6. The molecule has 0 unspecified atom stereocenters. The summed E-state index contributed by atoms with van der Waals surface area (Å²) in [6, 6.07) is 64.7. The van der Waals surface area contributed by atoms with Crippen molar-refractivity contribution in [2.24, 2.45) is 0 Å². The van der Waals surface area contributed by atoms with E-state index in [4.69, 9.17) is 9.97 Å². The van der Waals surface area contributed by atoms with Gasteiger partial charge in [-0.25, -0.2) is 9.97 Å². The molecule has 0 radical (unpaired) electrons. The van der Waals surface area contributed by atoms with E-state index in [1.54, 1.807) is 0 Å². The third kappa shape index (κ3) is 5.92. The fraction of sp³-hybridized carbons (Fsp3) is 0.113. The number of nitriles is 1. The molecule has 56 heavy (non-hydrogen) atoms. The normalized spacial score (nSPS) is 13.8. The summed E-state index contributed by atoms with van der Waals surface area (Å²) in [7, 11) is 0. The zero-order valence-corrected chi connectivity index (χ0v) is 31.1. The van der Waals surface area contributed by atoms with Gasteiger partial charge in [-0.3, -0.25) is 0 Å². The van der Waals surface area contributed by atoms with Crippen LogP contribution in [0, 0.1) is 11.3 Å². The lowest BCUT2D eigenvalue weighted by molar-refractivity contribution is 0.353. The van der Waals surface area contributed by atoms with Crippen molar-refractivity contribution in [3.05, 3.63) is 193 Å². The van der Waals surface area contributed by atoms with E-state index in [-0.39, 0.29) is 5.41 Å². The van der Waals surface area contributed by atoms with Crippen LogP contribution in [0.5, 0.6) is 0 Å².